The average molecular weight is 403 g/mol. The van der Waals surface area contributed by atoms with Crippen LogP contribution in [0.25, 0.3) is 11.1 Å². The van der Waals surface area contributed by atoms with Crippen LogP contribution in [0, 0.1) is 29.3 Å². The Labute approximate surface area is 170 Å². The van der Waals surface area contributed by atoms with Gasteiger partial charge in [-0.05, 0) is 97.9 Å². The van der Waals surface area contributed by atoms with Crippen LogP contribution in [-0.2, 0) is 0 Å². The van der Waals surface area contributed by atoms with E-state index >= 15 is 0 Å². The fraction of sp³-hybridized carbons (Fsp3) is 0.500. The van der Waals surface area contributed by atoms with Gasteiger partial charge < -0.3 is 0 Å². The summed E-state index contributed by atoms with van der Waals surface area (Å²) >= 11 is 0. The summed E-state index contributed by atoms with van der Waals surface area (Å²) in [5.41, 5.74) is 5.26. The maximum atomic E-state index is 13.5. The van der Waals surface area contributed by atoms with E-state index in [0.717, 1.165) is 24.0 Å². The van der Waals surface area contributed by atoms with Gasteiger partial charge in [-0.2, -0.15) is 0 Å². The second-order valence-corrected chi connectivity index (χ2v) is 8.77. The number of nitrogens with one attached hydrogen (secondary N) is 1. The van der Waals surface area contributed by atoms with Crippen LogP contribution in [-0.4, -0.2) is 6.04 Å². The van der Waals surface area contributed by atoms with Crippen molar-refractivity contribution in [2.45, 2.75) is 63.3 Å². The lowest BCUT2D eigenvalue weighted by Gasteiger charge is -2.37. The fourth-order valence-corrected chi connectivity index (χ4v) is 5.35. The van der Waals surface area contributed by atoms with Crippen molar-refractivity contribution >= 4 is 0 Å². The Hall–Kier alpha value is -1.85. The van der Waals surface area contributed by atoms with Crippen molar-refractivity contribution in [3.05, 3.63) is 59.4 Å². The predicted molar refractivity (Wildman–Crippen MR) is 110 cm³/mol. The van der Waals surface area contributed by atoms with Crippen molar-refractivity contribution < 1.29 is 13.2 Å². The van der Waals surface area contributed by atoms with E-state index in [1.807, 2.05) is 12.1 Å². The summed E-state index contributed by atoms with van der Waals surface area (Å²) in [5.74, 6) is 4.06. The van der Waals surface area contributed by atoms with E-state index in [0.29, 0.717) is 23.1 Å². The maximum Gasteiger partial charge on any atom is 0.194 e. The van der Waals surface area contributed by atoms with E-state index in [1.165, 1.54) is 56.9 Å². The average Bonchev–Trinajstić information content (AvgIpc) is 2.77. The van der Waals surface area contributed by atoms with Crippen LogP contribution in [0.5, 0.6) is 0 Å². The van der Waals surface area contributed by atoms with E-state index in [1.54, 1.807) is 0 Å². The molecule has 2 saturated carbocycles. The number of benzene rings is 2. The van der Waals surface area contributed by atoms with Crippen molar-refractivity contribution in [2.24, 2.45) is 17.7 Å². The van der Waals surface area contributed by atoms with E-state index in [9.17, 15) is 13.2 Å². The van der Waals surface area contributed by atoms with Gasteiger partial charge in [-0.15, -0.1) is 0 Å². The molecule has 0 bridgehead atoms. The molecule has 0 unspecified atom stereocenters. The van der Waals surface area contributed by atoms with Crippen LogP contribution in [0.3, 0.4) is 0 Å². The molecule has 2 aromatic rings. The summed E-state index contributed by atoms with van der Waals surface area (Å²) in [4.78, 5) is 0. The Balaban J connectivity index is 1.36. The summed E-state index contributed by atoms with van der Waals surface area (Å²) in [5, 5.41) is 0. The summed E-state index contributed by atoms with van der Waals surface area (Å²) in [6.07, 6.45) is 9.86. The summed E-state index contributed by atoms with van der Waals surface area (Å²) in [6.45, 7) is 0. The molecule has 156 valence electrons. The third-order valence-corrected chi connectivity index (χ3v) is 7.15. The van der Waals surface area contributed by atoms with E-state index in [4.69, 9.17) is 5.84 Å². The first-order chi connectivity index (χ1) is 14.0. The largest absolute Gasteiger partial charge is 0.271 e. The van der Waals surface area contributed by atoms with Gasteiger partial charge in [0.2, 0.25) is 0 Å². The Bertz CT molecular complexity index is 798. The van der Waals surface area contributed by atoms with Crippen molar-refractivity contribution in [3.63, 3.8) is 0 Å². The molecular formula is C24H29F3N2. The molecule has 5 heteroatoms. The van der Waals surface area contributed by atoms with Crippen LogP contribution in [0.2, 0.25) is 0 Å². The fourth-order valence-electron chi connectivity index (χ4n) is 5.35. The van der Waals surface area contributed by atoms with E-state index in [2.05, 4.69) is 17.6 Å². The van der Waals surface area contributed by atoms with Gasteiger partial charge in [-0.1, -0.05) is 24.3 Å². The third-order valence-electron chi connectivity index (χ3n) is 7.15. The van der Waals surface area contributed by atoms with Gasteiger partial charge >= 0.3 is 0 Å². The topological polar surface area (TPSA) is 38.0 Å². The molecule has 29 heavy (non-hydrogen) atoms. The summed E-state index contributed by atoms with van der Waals surface area (Å²) in [7, 11) is 0. The number of nitrogens with two attached hydrogens (primary N) is 1. The number of hydrogen-bond acceptors (Lipinski definition) is 2. The molecule has 2 aliphatic carbocycles. The third kappa shape index (κ3) is 4.51. The molecule has 0 saturated heterocycles. The van der Waals surface area contributed by atoms with Gasteiger partial charge in [-0.25, -0.2) is 13.2 Å². The van der Waals surface area contributed by atoms with Crippen molar-refractivity contribution in [2.75, 3.05) is 0 Å². The smallest absolute Gasteiger partial charge is 0.194 e. The quantitative estimate of drug-likeness (QED) is 0.370. The molecule has 2 fully saturated rings. The molecule has 3 N–H and O–H groups in total. The molecule has 0 radical (unpaired) electrons. The lowest BCUT2D eigenvalue weighted by molar-refractivity contribution is 0.169. The molecule has 4 rings (SSSR count). The Morgan fingerprint density at radius 3 is 1.72 bits per heavy atom. The number of rotatable bonds is 4. The zero-order chi connectivity index (χ0) is 20.4. The maximum absolute atomic E-state index is 13.5. The molecule has 0 spiro atoms. The molecule has 0 aliphatic heterocycles. The zero-order valence-corrected chi connectivity index (χ0v) is 16.6. The highest BCUT2D eigenvalue weighted by molar-refractivity contribution is 5.64. The van der Waals surface area contributed by atoms with Crippen LogP contribution in [0.1, 0.15) is 62.8 Å². The Morgan fingerprint density at radius 1 is 0.690 bits per heavy atom. The van der Waals surface area contributed by atoms with Crippen LogP contribution < -0.4 is 11.3 Å². The van der Waals surface area contributed by atoms with Crippen LogP contribution in [0.4, 0.5) is 13.2 Å². The lowest BCUT2D eigenvalue weighted by atomic mass is 9.69. The molecule has 0 heterocycles. The van der Waals surface area contributed by atoms with Crippen LogP contribution in [0.15, 0.2) is 36.4 Å². The molecule has 0 amide bonds. The van der Waals surface area contributed by atoms with Gasteiger partial charge in [0.05, 0.1) is 0 Å². The molecule has 2 aromatic carbocycles. The Morgan fingerprint density at radius 2 is 1.21 bits per heavy atom. The van der Waals surface area contributed by atoms with Crippen molar-refractivity contribution in [3.8, 4) is 11.1 Å². The number of hydrogen-bond donors (Lipinski definition) is 2. The normalized spacial score (nSPS) is 27.7. The highest BCUT2D eigenvalue weighted by Gasteiger charge is 2.31. The first-order valence-corrected chi connectivity index (χ1v) is 10.8. The zero-order valence-electron chi connectivity index (χ0n) is 16.6. The van der Waals surface area contributed by atoms with E-state index in [-0.39, 0.29) is 0 Å². The summed E-state index contributed by atoms with van der Waals surface area (Å²) < 4.78 is 40.2. The minimum Gasteiger partial charge on any atom is -0.271 e. The van der Waals surface area contributed by atoms with Gasteiger partial charge in [0, 0.05) is 6.04 Å². The molecule has 2 aliphatic rings. The molecule has 0 atom stereocenters. The molecule has 2 nitrogen and oxygen atoms in total. The van der Waals surface area contributed by atoms with Crippen LogP contribution >= 0.6 is 0 Å². The van der Waals surface area contributed by atoms with Crippen molar-refractivity contribution in [1.29, 1.82) is 0 Å². The second kappa shape index (κ2) is 8.88. The SMILES string of the molecule is NNC1CCC(C2CCC(c3ccc(-c4cc(F)c(F)c(F)c4)cc3)CC2)CC1. The highest BCUT2D eigenvalue weighted by Crippen LogP contribution is 2.43. The second-order valence-electron chi connectivity index (χ2n) is 8.77. The van der Waals surface area contributed by atoms with Gasteiger partial charge in [0.15, 0.2) is 17.5 Å². The van der Waals surface area contributed by atoms with E-state index < -0.39 is 17.5 Å². The van der Waals surface area contributed by atoms with Gasteiger partial charge in [0.1, 0.15) is 0 Å². The highest BCUT2D eigenvalue weighted by atomic mass is 19.2. The standard InChI is InChI=1S/C24H29F3N2/c25-22-13-20(14-23(26)24(22)27)19-7-5-16(6-8-19)15-1-3-17(4-2-15)18-9-11-21(29-28)12-10-18/h5-8,13-15,17-18,21,29H,1-4,9-12,28H2. The number of hydrazine groups is 1. The predicted octanol–water partition coefficient (Wildman–Crippen LogP) is 6.07. The molecule has 0 aromatic heterocycles. The molecular weight excluding hydrogens is 373 g/mol. The first-order valence-electron chi connectivity index (χ1n) is 10.8. The Kier molecular flexibility index (Phi) is 6.26. The van der Waals surface area contributed by atoms with Gasteiger partial charge in [-0.3, -0.25) is 11.3 Å². The number of halogens is 3. The minimum absolute atomic E-state index is 0.360. The lowest BCUT2D eigenvalue weighted by Crippen LogP contribution is -2.39. The summed E-state index contributed by atoms with van der Waals surface area (Å²) in [6, 6.07) is 10.5. The first kappa shape index (κ1) is 20.4. The minimum atomic E-state index is -1.42. The monoisotopic (exact) mass is 402 g/mol. The van der Waals surface area contributed by atoms with Crippen molar-refractivity contribution in [1.82, 2.24) is 5.43 Å². The van der Waals surface area contributed by atoms with Gasteiger partial charge in [0.25, 0.3) is 0 Å².